The molecule has 0 saturated heterocycles. The lowest BCUT2D eigenvalue weighted by atomic mass is 10.1. The Labute approximate surface area is 124 Å². The first-order valence-corrected chi connectivity index (χ1v) is 6.35. The van der Waals surface area contributed by atoms with Gasteiger partial charge >= 0.3 is 6.09 Å². The molecule has 112 valence electrons. The first kappa shape index (κ1) is 18.4. The second-order valence-corrected chi connectivity index (χ2v) is 5.06. The van der Waals surface area contributed by atoms with Gasteiger partial charge in [0, 0.05) is 17.0 Å². The van der Waals surface area contributed by atoms with Gasteiger partial charge in [-0.05, 0) is 38.3 Å². The Kier molecular flexibility index (Phi) is 8.13. The lowest BCUT2D eigenvalue weighted by Gasteiger charge is -2.16. The number of rotatable bonds is 3. The van der Waals surface area contributed by atoms with E-state index in [1.54, 1.807) is 26.8 Å². The maximum atomic E-state index is 10.0. The largest absolute Gasteiger partial charge is 0.444 e. The molecule has 2 N–H and O–H groups in total. The van der Waals surface area contributed by atoms with Crippen molar-refractivity contribution in [1.29, 1.82) is 0 Å². The molecule has 0 spiro atoms. The standard InChI is InChI=1S/C10H9N3.C5H11NO2/c1-2-3-6-9-7-4-5-8-10(9)12-13-11;1-5(2,3)8-4(6)7/h1,4-5,7-8H,3,6H2;1-3H3,(H2,6,7). The lowest BCUT2D eigenvalue weighted by Crippen LogP contribution is -2.27. The van der Waals surface area contributed by atoms with E-state index >= 15 is 0 Å². The highest BCUT2D eigenvalue weighted by molar-refractivity contribution is 5.65. The number of aryl methyl sites for hydroxylation is 1. The zero-order chi connectivity index (χ0) is 16.3. The van der Waals surface area contributed by atoms with Gasteiger partial charge in [-0.3, -0.25) is 0 Å². The Balaban J connectivity index is 0.000000433. The van der Waals surface area contributed by atoms with Crippen LogP contribution in [-0.4, -0.2) is 11.7 Å². The number of nitrogens with zero attached hydrogens (tertiary/aromatic N) is 3. The summed E-state index contributed by atoms with van der Waals surface area (Å²) in [4.78, 5) is 12.8. The molecule has 21 heavy (non-hydrogen) atoms. The Morgan fingerprint density at radius 1 is 1.48 bits per heavy atom. The highest BCUT2D eigenvalue weighted by atomic mass is 16.6. The van der Waals surface area contributed by atoms with Crippen molar-refractivity contribution in [2.45, 2.75) is 39.2 Å². The zero-order valence-corrected chi connectivity index (χ0v) is 12.5. The van der Waals surface area contributed by atoms with Crippen LogP contribution in [0, 0.1) is 12.3 Å². The normalized spacial score (nSPS) is 9.43. The molecule has 1 amide bonds. The van der Waals surface area contributed by atoms with E-state index in [-0.39, 0.29) is 0 Å². The van der Waals surface area contributed by atoms with Crippen LogP contribution < -0.4 is 5.73 Å². The molecule has 1 rings (SSSR count). The Bertz CT molecular complexity index is 550. The number of hydrogen-bond donors (Lipinski definition) is 1. The lowest BCUT2D eigenvalue weighted by molar-refractivity contribution is 0.0600. The van der Waals surface area contributed by atoms with Crippen LogP contribution in [0.2, 0.25) is 0 Å². The van der Waals surface area contributed by atoms with Crippen LogP contribution in [-0.2, 0) is 11.2 Å². The average molecular weight is 288 g/mol. The summed E-state index contributed by atoms with van der Waals surface area (Å²) in [7, 11) is 0. The van der Waals surface area contributed by atoms with Crippen LogP contribution in [0.25, 0.3) is 10.4 Å². The fraction of sp³-hybridized carbons (Fsp3) is 0.400. The molecule has 6 nitrogen and oxygen atoms in total. The van der Waals surface area contributed by atoms with E-state index in [4.69, 9.17) is 17.7 Å². The maximum absolute atomic E-state index is 10.0. The van der Waals surface area contributed by atoms with Gasteiger partial charge in [-0.2, -0.15) is 0 Å². The number of terminal acetylenes is 1. The summed E-state index contributed by atoms with van der Waals surface area (Å²) >= 11 is 0. The number of azide groups is 1. The van der Waals surface area contributed by atoms with Crippen molar-refractivity contribution in [2.75, 3.05) is 0 Å². The molecule has 0 aliphatic rings. The van der Waals surface area contributed by atoms with Crippen LogP contribution in [0.15, 0.2) is 29.4 Å². The van der Waals surface area contributed by atoms with Crippen molar-refractivity contribution in [2.24, 2.45) is 10.8 Å². The third-order valence-corrected chi connectivity index (χ3v) is 2.09. The molecule has 0 fully saturated rings. The fourth-order valence-electron chi connectivity index (χ4n) is 1.38. The summed E-state index contributed by atoms with van der Waals surface area (Å²) in [5.74, 6) is 2.55. The maximum Gasteiger partial charge on any atom is 0.405 e. The van der Waals surface area contributed by atoms with Crippen LogP contribution in [0.5, 0.6) is 0 Å². The molecular formula is C15H20N4O2. The molecule has 6 heteroatoms. The van der Waals surface area contributed by atoms with Gasteiger partial charge in [0.25, 0.3) is 0 Å². The first-order chi connectivity index (χ1) is 9.80. The molecule has 0 radical (unpaired) electrons. The van der Waals surface area contributed by atoms with Crippen molar-refractivity contribution in [3.63, 3.8) is 0 Å². The van der Waals surface area contributed by atoms with Gasteiger partial charge < -0.3 is 10.5 Å². The molecule has 0 aromatic heterocycles. The van der Waals surface area contributed by atoms with Crippen LogP contribution in [0.4, 0.5) is 10.5 Å². The zero-order valence-electron chi connectivity index (χ0n) is 12.5. The molecule has 0 aliphatic heterocycles. The highest BCUT2D eigenvalue weighted by Crippen LogP contribution is 2.19. The molecule has 1 aromatic carbocycles. The van der Waals surface area contributed by atoms with Gasteiger partial charge in [0.05, 0.1) is 0 Å². The Morgan fingerprint density at radius 3 is 2.52 bits per heavy atom. The molecule has 0 atom stereocenters. The van der Waals surface area contributed by atoms with E-state index in [0.29, 0.717) is 12.1 Å². The van der Waals surface area contributed by atoms with Crippen molar-refractivity contribution >= 4 is 11.8 Å². The second kappa shape index (κ2) is 9.29. The van der Waals surface area contributed by atoms with Crippen molar-refractivity contribution in [1.82, 2.24) is 0 Å². The minimum Gasteiger partial charge on any atom is -0.444 e. The third kappa shape index (κ3) is 9.88. The van der Waals surface area contributed by atoms with E-state index in [9.17, 15) is 4.79 Å². The number of carbonyl (C=O) groups is 1. The van der Waals surface area contributed by atoms with Gasteiger partial charge in [-0.15, -0.1) is 12.3 Å². The van der Waals surface area contributed by atoms with E-state index < -0.39 is 11.7 Å². The number of carbonyl (C=O) groups excluding carboxylic acids is 1. The quantitative estimate of drug-likeness (QED) is 0.392. The van der Waals surface area contributed by atoms with Crippen LogP contribution in [0.1, 0.15) is 32.8 Å². The van der Waals surface area contributed by atoms with Crippen LogP contribution in [0.3, 0.4) is 0 Å². The molecule has 0 aliphatic carbocycles. The third-order valence-electron chi connectivity index (χ3n) is 2.09. The van der Waals surface area contributed by atoms with Gasteiger partial charge in [-0.1, -0.05) is 29.4 Å². The minimum absolute atomic E-state index is 0.453. The average Bonchev–Trinajstić information content (AvgIpc) is 2.36. The topological polar surface area (TPSA) is 101 Å². The number of amides is 1. The first-order valence-electron chi connectivity index (χ1n) is 6.35. The summed E-state index contributed by atoms with van der Waals surface area (Å²) in [6, 6.07) is 7.44. The van der Waals surface area contributed by atoms with Crippen molar-refractivity contribution in [3.8, 4) is 12.3 Å². The highest BCUT2D eigenvalue weighted by Gasteiger charge is 2.12. The predicted molar refractivity (Wildman–Crippen MR) is 82.8 cm³/mol. The minimum atomic E-state index is -0.725. The van der Waals surface area contributed by atoms with Crippen molar-refractivity contribution < 1.29 is 9.53 Å². The number of primary amides is 1. The number of hydrogen-bond acceptors (Lipinski definition) is 3. The summed E-state index contributed by atoms with van der Waals surface area (Å²) < 4.78 is 4.58. The van der Waals surface area contributed by atoms with E-state index in [2.05, 4.69) is 20.7 Å². The second-order valence-electron chi connectivity index (χ2n) is 5.06. The van der Waals surface area contributed by atoms with Crippen LogP contribution >= 0.6 is 0 Å². The van der Waals surface area contributed by atoms with Gasteiger partial charge in [0.2, 0.25) is 0 Å². The van der Waals surface area contributed by atoms with Crippen molar-refractivity contribution in [3.05, 3.63) is 40.3 Å². The fourth-order valence-corrected chi connectivity index (χ4v) is 1.38. The van der Waals surface area contributed by atoms with Gasteiger partial charge in [-0.25, -0.2) is 4.79 Å². The molecule has 0 heterocycles. The summed E-state index contributed by atoms with van der Waals surface area (Å²) in [6.07, 6.45) is 5.84. The number of benzene rings is 1. The summed E-state index contributed by atoms with van der Waals surface area (Å²) in [5.41, 5.74) is 14.2. The SMILES string of the molecule is C#CCCc1ccccc1N=[N+]=[N-].CC(C)(C)OC(N)=O. The molecular weight excluding hydrogens is 268 g/mol. The smallest absolute Gasteiger partial charge is 0.405 e. The Morgan fingerprint density at radius 2 is 2.10 bits per heavy atom. The number of ether oxygens (including phenoxy) is 1. The molecule has 1 aromatic rings. The van der Waals surface area contributed by atoms with E-state index in [0.717, 1.165) is 12.0 Å². The summed E-state index contributed by atoms with van der Waals surface area (Å²) in [5, 5.41) is 3.57. The number of nitrogens with two attached hydrogens (primary N) is 1. The Hall–Kier alpha value is -2.64. The van der Waals surface area contributed by atoms with Gasteiger partial charge in [0.1, 0.15) is 5.60 Å². The van der Waals surface area contributed by atoms with Gasteiger partial charge in [0.15, 0.2) is 0 Å². The monoisotopic (exact) mass is 288 g/mol. The predicted octanol–water partition coefficient (Wildman–Crippen LogP) is 4.07. The summed E-state index contributed by atoms with van der Waals surface area (Å²) in [6.45, 7) is 5.28. The molecule has 0 unspecified atom stereocenters. The molecule has 0 bridgehead atoms. The van der Waals surface area contributed by atoms with E-state index in [1.807, 2.05) is 18.2 Å². The molecule has 0 saturated carbocycles. The van der Waals surface area contributed by atoms with E-state index in [1.165, 1.54) is 0 Å².